The van der Waals surface area contributed by atoms with Crippen LogP contribution in [0.2, 0.25) is 0 Å². The lowest BCUT2D eigenvalue weighted by Gasteiger charge is -2.54. The van der Waals surface area contributed by atoms with Crippen molar-refractivity contribution in [2.24, 2.45) is 23.2 Å². The first kappa shape index (κ1) is 34.0. The second-order valence-corrected chi connectivity index (χ2v) is 15.4. The van der Waals surface area contributed by atoms with Gasteiger partial charge in [0.25, 0.3) is 0 Å². The molecule has 2 N–H and O–H groups in total. The van der Waals surface area contributed by atoms with Gasteiger partial charge in [0, 0.05) is 19.0 Å². The summed E-state index contributed by atoms with van der Waals surface area (Å²) >= 11 is 0. The van der Waals surface area contributed by atoms with E-state index in [1.807, 2.05) is 24.3 Å². The molecule has 0 bridgehead atoms. The fourth-order valence-electron chi connectivity index (χ4n) is 9.82. The van der Waals surface area contributed by atoms with E-state index in [1.54, 1.807) is 6.07 Å². The number of halogens is 1. The molecular formula is C42H56FNO3. The van der Waals surface area contributed by atoms with Crippen LogP contribution < -0.4 is 0 Å². The molecule has 3 aliphatic carbocycles. The summed E-state index contributed by atoms with van der Waals surface area (Å²) in [5, 5.41) is 23.7. The van der Waals surface area contributed by atoms with Crippen LogP contribution >= 0.6 is 0 Å². The van der Waals surface area contributed by atoms with Crippen molar-refractivity contribution in [2.45, 2.75) is 122 Å². The zero-order valence-corrected chi connectivity index (χ0v) is 28.7. The lowest BCUT2D eigenvalue weighted by atomic mass is 9.51. The third kappa shape index (κ3) is 7.41. The Hall–Kier alpha value is -2.92. The summed E-state index contributed by atoms with van der Waals surface area (Å²) in [7, 11) is 0. The minimum atomic E-state index is -0.986. The predicted molar refractivity (Wildman–Crippen MR) is 189 cm³/mol. The average Bonchev–Trinajstić information content (AvgIpc) is 3.35. The van der Waals surface area contributed by atoms with Crippen molar-refractivity contribution in [3.63, 3.8) is 0 Å². The zero-order valence-electron chi connectivity index (χ0n) is 28.7. The Morgan fingerprint density at radius 1 is 0.915 bits per heavy atom. The summed E-state index contributed by atoms with van der Waals surface area (Å²) in [6.07, 6.45) is 12.1. The number of aliphatic hydroxyl groups is 1. The number of benzene rings is 3. The van der Waals surface area contributed by atoms with Crippen LogP contribution in [0.3, 0.4) is 0 Å². The quantitative estimate of drug-likeness (QED) is 0.172. The van der Waals surface area contributed by atoms with Gasteiger partial charge in [0.05, 0.1) is 12.5 Å². The van der Waals surface area contributed by atoms with Crippen molar-refractivity contribution in [1.29, 1.82) is 0 Å². The molecule has 2 fully saturated rings. The SMILES string of the molecule is CCCCCCCCN(CCCC[C@@H]1Cc2cc(O)ccc2[C@@H]2[C@@H]1[C@@H]1CC[C@H](O)[C@@]1(C)C[C@@H]2F)C(=O)Cc1ccc2ccccc2c1. The molecule has 3 aliphatic rings. The molecule has 6 rings (SSSR count). The first-order valence-corrected chi connectivity index (χ1v) is 18.7. The van der Waals surface area contributed by atoms with E-state index in [2.05, 4.69) is 49.1 Å². The molecule has 7 atom stereocenters. The third-order valence-corrected chi connectivity index (χ3v) is 12.3. The number of aromatic hydroxyl groups is 1. The van der Waals surface area contributed by atoms with Gasteiger partial charge in [-0.05, 0) is 108 Å². The summed E-state index contributed by atoms with van der Waals surface area (Å²) in [6, 6.07) is 20.2. The zero-order chi connectivity index (χ0) is 33.0. The molecule has 254 valence electrons. The van der Waals surface area contributed by atoms with Crippen molar-refractivity contribution in [2.75, 3.05) is 13.1 Å². The van der Waals surface area contributed by atoms with E-state index < -0.39 is 12.3 Å². The lowest BCUT2D eigenvalue weighted by molar-refractivity contribution is -0.130. The number of carbonyl (C=O) groups excluding carboxylic acids is 1. The number of phenolic OH excluding ortho intramolecular Hbond substituents is 1. The van der Waals surface area contributed by atoms with Gasteiger partial charge in [-0.3, -0.25) is 4.79 Å². The molecule has 0 aliphatic heterocycles. The van der Waals surface area contributed by atoms with Crippen molar-refractivity contribution >= 4 is 16.7 Å². The van der Waals surface area contributed by atoms with Gasteiger partial charge >= 0.3 is 0 Å². The number of nitrogens with zero attached hydrogens (tertiary/aromatic N) is 1. The molecule has 5 heteroatoms. The van der Waals surface area contributed by atoms with E-state index in [1.165, 1.54) is 36.5 Å². The molecule has 0 unspecified atom stereocenters. The molecule has 47 heavy (non-hydrogen) atoms. The number of rotatable bonds is 14. The fraction of sp³-hybridized carbons (Fsp3) is 0.595. The molecular weight excluding hydrogens is 585 g/mol. The Labute approximate surface area is 281 Å². The standard InChI is InChI=1S/C42H56FNO3/c1-3-4-5-6-7-11-22-44(39(47)25-29-16-17-30-13-8-9-14-31(30)24-29)23-12-10-15-32-26-33-27-34(45)18-19-35(33)41-37(43)28-42(2)36(40(32)41)20-21-38(42)46/h8-9,13-14,16-19,24,27,32,36-38,40-41,45-46H,3-7,10-12,15,20-23,25-26,28H2,1-2H3/t32-,36+,37+,38+,40+,41+,42+/m1/s1. The predicted octanol–water partition coefficient (Wildman–Crippen LogP) is 9.54. The highest BCUT2D eigenvalue weighted by Crippen LogP contribution is 2.63. The van der Waals surface area contributed by atoms with Crippen molar-refractivity contribution in [3.05, 3.63) is 77.4 Å². The monoisotopic (exact) mass is 641 g/mol. The van der Waals surface area contributed by atoms with Gasteiger partial charge in [-0.15, -0.1) is 0 Å². The lowest BCUT2D eigenvalue weighted by Crippen LogP contribution is -2.51. The number of unbranched alkanes of at least 4 members (excludes halogenated alkanes) is 6. The second-order valence-electron chi connectivity index (χ2n) is 15.4. The van der Waals surface area contributed by atoms with Crippen LogP contribution in [0.25, 0.3) is 10.8 Å². The number of fused-ring (bicyclic) bond motifs is 6. The number of phenols is 1. The summed E-state index contributed by atoms with van der Waals surface area (Å²) < 4.78 is 16.2. The molecule has 0 spiro atoms. The number of hydrogen-bond acceptors (Lipinski definition) is 3. The van der Waals surface area contributed by atoms with Crippen molar-refractivity contribution in [1.82, 2.24) is 4.90 Å². The molecule has 0 saturated heterocycles. The maximum atomic E-state index is 16.2. The van der Waals surface area contributed by atoms with Crippen LogP contribution in [0.4, 0.5) is 4.39 Å². The van der Waals surface area contributed by atoms with Crippen LogP contribution in [0.1, 0.15) is 114 Å². The van der Waals surface area contributed by atoms with Crippen LogP contribution in [-0.4, -0.2) is 46.4 Å². The summed E-state index contributed by atoms with van der Waals surface area (Å²) in [5.41, 5.74) is 2.87. The number of amides is 1. The third-order valence-electron chi connectivity index (χ3n) is 12.3. The largest absolute Gasteiger partial charge is 0.508 e. The molecule has 3 aromatic carbocycles. The Morgan fingerprint density at radius 3 is 2.47 bits per heavy atom. The Balaban J connectivity index is 1.12. The highest BCUT2D eigenvalue weighted by Gasteiger charge is 2.59. The van der Waals surface area contributed by atoms with E-state index >= 15 is 4.39 Å². The first-order valence-electron chi connectivity index (χ1n) is 18.7. The van der Waals surface area contributed by atoms with E-state index in [9.17, 15) is 15.0 Å². The normalized spacial score (nSPS) is 28.1. The fourth-order valence-corrected chi connectivity index (χ4v) is 9.82. The number of aliphatic hydroxyl groups excluding tert-OH is 1. The minimum Gasteiger partial charge on any atom is -0.508 e. The smallest absolute Gasteiger partial charge is 0.226 e. The second kappa shape index (κ2) is 15.1. The maximum absolute atomic E-state index is 16.2. The number of hydrogen-bond donors (Lipinski definition) is 2. The summed E-state index contributed by atoms with van der Waals surface area (Å²) in [6.45, 7) is 5.93. The summed E-state index contributed by atoms with van der Waals surface area (Å²) in [5.74, 6) is 1.12. The van der Waals surface area contributed by atoms with E-state index in [0.29, 0.717) is 24.7 Å². The van der Waals surface area contributed by atoms with Gasteiger partial charge < -0.3 is 15.1 Å². The van der Waals surface area contributed by atoms with Gasteiger partial charge in [0.1, 0.15) is 11.9 Å². The van der Waals surface area contributed by atoms with Gasteiger partial charge in [-0.25, -0.2) is 4.39 Å². The van der Waals surface area contributed by atoms with Crippen LogP contribution in [0.15, 0.2) is 60.7 Å². The average molecular weight is 642 g/mol. The Bertz CT molecular complexity index is 1510. The first-order chi connectivity index (χ1) is 22.8. The molecule has 3 aromatic rings. The minimum absolute atomic E-state index is 0.166. The van der Waals surface area contributed by atoms with Gasteiger partial charge in [-0.2, -0.15) is 0 Å². The number of carbonyl (C=O) groups is 1. The molecule has 0 radical (unpaired) electrons. The molecule has 2 saturated carbocycles. The van der Waals surface area contributed by atoms with Crippen LogP contribution in [-0.2, 0) is 17.6 Å². The van der Waals surface area contributed by atoms with Gasteiger partial charge in [0.15, 0.2) is 0 Å². The maximum Gasteiger partial charge on any atom is 0.226 e. The van der Waals surface area contributed by atoms with E-state index in [-0.39, 0.29) is 28.9 Å². The van der Waals surface area contributed by atoms with Crippen LogP contribution in [0, 0.1) is 23.2 Å². The number of alkyl halides is 1. The van der Waals surface area contributed by atoms with Gasteiger partial charge in [-0.1, -0.05) is 101 Å². The van der Waals surface area contributed by atoms with Crippen LogP contribution in [0.5, 0.6) is 5.75 Å². The molecule has 0 aromatic heterocycles. The highest BCUT2D eigenvalue weighted by molar-refractivity contribution is 5.85. The van der Waals surface area contributed by atoms with E-state index in [4.69, 9.17) is 0 Å². The molecule has 1 amide bonds. The highest BCUT2D eigenvalue weighted by atomic mass is 19.1. The van der Waals surface area contributed by atoms with Crippen molar-refractivity contribution in [3.8, 4) is 5.75 Å². The summed E-state index contributed by atoms with van der Waals surface area (Å²) in [4.78, 5) is 15.8. The Morgan fingerprint density at radius 2 is 1.66 bits per heavy atom. The van der Waals surface area contributed by atoms with Crippen molar-refractivity contribution < 1.29 is 19.4 Å². The Kier molecular flexibility index (Phi) is 10.9. The molecule has 4 nitrogen and oxygen atoms in total. The van der Waals surface area contributed by atoms with Gasteiger partial charge in [0.2, 0.25) is 5.91 Å². The van der Waals surface area contributed by atoms with E-state index in [0.717, 1.165) is 81.1 Å². The molecule has 0 heterocycles. The topological polar surface area (TPSA) is 60.8 Å².